The van der Waals surface area contributed by atoms with Crippen molar-refractivity contribution in [1.29, 1.82) is 0 Å². The van der Waals surface area contributed by atoms with Gasteiger partial charge in [-0.3, -0.25) is 9.69 Å². The molecule has 0 aromatic heterocycles. The molecule has 0 radical (unpaired) electrons. The summed E-state index contributed by atoms with van der Waals surface area (Å²) < 4.78 is 12.5. The number of rotatable bonds is 6. The predicted octanol–water partition coefficient (Wildman–Crippen LogP) is 7.75. The first kappa shape index (κ1) is 24.1. The Morgan fingerprint density at radius 1 is 1.06 bits per heavy atom. The summed E-state index contributed by atoms with van der Waals surface area (Å²) >= 11 is 22.7. The van der Waals surface area contributed by atoms with Gasteiger partial charge >= 0.3 is 0 Å². The van der Waals surface area contributed by atoms with Gasteiger partial charge in [0.2, 0.25) is 0 Å². The molecule has 3 aromatic carbocycles. The molecule has 1 aliphatic rings. The fraction of sp³-hybridized carbons (Fsp3) is 0.0833. The number of anilines is 1. The Morgan fingerprint density at radius 3 is 2.55 bits per heavy atom. The smallest absolute Gasteiger partial charge is 0.270 e. The Hall–Kier alpha value is -2.03. The third-order valence-electron chi connectivity index (χ3n) is 4.79. The van der Waals surface area contributed by atoms with Crippen molar-refractivity contribution in [1.82, 2.24) is 0 Å². The third kappa shape index (κ3) is 5.39. The molecule has 3 aromatic rings. The van der Waals surface area contributed by atoms with E-state index in [1.165, 1.54) is 23.8 Å². The van der Waals surface area contributed by atoms with Crippen LogP contribution in [0.3, 0.4) is 0 Å². The number of hydrogen-bond acceptors (Lipinski definition) is 5. The van der Waals surface area contributed by atoms with E-state index in [4.69, 9.17) is 44.9 Å². The van der Waals surface area contributed by atoms with Gasteiger partial charge in [-0.25, -0.2) is 0 Å². The molecular weight excluding hydrogens is 565 g/mol. The van der Waals surface area contributed by atoms with Gasteiger partial charge in [0.25, 0.3) is 5.91 Å². The zero-order chi connectivity index (χ0) is 23.5. The molecule has 0 bridgehead atoms. The van der Waals surface area contributed by atoms with E-state index >= 15 is 0 Å². The van der Waals surface area contributed by atoms with Gasteiger partial charge in [-0.1, -0.05) is 81.3 Å². The van der Waals surface area contributed by atoms with Crippen LogP contribution in [0.4, 0.5) is 5.69 Å². The van der Waals surface area contributed by atoms with Gasteiger partial charge in [0.05, 0.1) is 22.7 Å². The molecule has 1 fully saturated rings. The fourth-order valence-corrected chi connectivity index (χ4v) is 5.27. The average Bonchev–Trinajstić information content (AvgIpc) is 3.07. The Bertz CT molecular complexity index is 1280. The highest BCUT2D eigenvalue weighted by Gasteiger charge is 2.34. The maximum Gasteiger partial charge on any atom is 0.270 e. The molecule has 0 unspecified atom stereocenters. The number of carbonyl (C=O) groups excluding carboxylic acids is 1. The molecule has 0 saturated carbocycles. The SMILES string of the molecule is COc1ccc(N2C(=O)/C(=C\c3cc(Br)ccc3OCc3ccccc3Cl)SC2=S)cc1Cl. The van der Waals surface area contributed by atoms with Gasteiger partial charge in [0, 0.05) is 20.6 Å². The van der Waals surface area contributed by atoms with E-state index < -0.39 is 0 Å². The molecule has 168 valence electrons. The molecule has 0 spiro atoms. The number of ether oxygens (including phenoxy) is 2. The topological polar surface area (TPSA) is 38.8 Å². The minimum absolute atomic E-state index is 0.233. The highest BCUT2D eigenvalue weighted by molar-refractivity contribution is 9.10. The van der Waals surface area contributed by atoms with Crippen LogP contribution in [0.5, 0.6) is 11.5 Å². The highest BCUT2D eigenvalue weighted by atomic mass is 79.9. The lowest BCUT2D eigenvalue weighted by Gasteiger charge is -2.15. The average molecular weight is 581 g/mol. The van der Waals surface area contributed by atoms with Gasteiger partial charge in [-0.05, 0) is 48.5 Å². The second kappa shape index (κ2) is 10.5. The van der Waals surface area contributed by atoms with Gasteiger partial charge in [0.15, 0.2) is 4.32 Å². The monoisotopic (exact) mass is 579 g/mol. The molecule has 0 atom stereocenters. The number of hydrogen-bond donors (Lipinski definition) is 0. The Labute approximate surface area is 219 Å². The number of thioether (sulfide) groups is 1. The van der Waals surface area contributed by atoms with Crippen molar-refractivity contribution in [2.24, 2.45) is 0 Å². The Balaban J connectivity index is 1.62. The minimum Gasteiger partial charge on any atom is -0.495 e. The van der Waals surface area contributed by atoms with Crippen LogP contribution in [0.15, 0.2) is 70.0 Å². The number of carbonyl (C=O) groups is 1. The number of halogens is 3. The number of nitrogens with zero attached hydrogens (tertiary/aromatic N) is 1. The molecule has 0 aliphatic carbocycles. The predicted molar refractivity (Wildman–Crippen MR) is 144 cm³/mol. The van der Waals surface area contributed by atoms with Crippen LogP contribution in [0.1, 0.15) is 11.1 Å². The summed E-state index contributed by atoms with van der Waals surface area (Å²) in [6, 6.07) is 18.2. The lowest BCUT2D eigenvalue weighted by atomic mass is 10.1. The van der Waals surface area contributed by atoms with E-state index in [9.17, 15) is 4.79 Å². The molecule has 1 aliphatic heterocycles. The summed E-state index contributed by atoms with van der Waals surface area (Å²) in [5.41, 5.74) is 2.19. The first-order valence-electron chi connectivity index (χ1n) is 9.64. The van der Waals surface area contributed by atoms with Crippen LogP contribution in [0, 0.1) is 0 Å². The van der Waals surface area contributed by atoms with Crippen LogP contribution < -0.4 is 14.4 Å². The molecule has 4 rings (SSSR count). The van der Waals surface area contributed by atoms with E-state index in [1.54, 1.807) is 24.3 Å². The van der Waals surface area contributed by atoms with Crippen molar-refractivity contribution in [3.05, 3.63) is 91.2 Å². The van der Waals surface area contributed by atoms with E-state index in [-0.39, 0.29) is 5.91 Å². The second-order valence-corrected chi connectivity index (χ2v) is 10.3. The lowest BCUT2D eigenvalue weighted by molar-refractivity contribution is -0.113. The highest BCUT2D eigenvalue weighted by Crippen LogP contribution is 2.39. The first-order valence-corrected chi connectivity index (χ1v) is 12.4. The van der Waals surface area contributed by atoms with E-state index in [2.05, 4.69) is 15.9 Å². The van der Waals surface area contributed by atoms with Crippen molar-refractivity contribution in [3.8, 4) is 11.5 Å². The van der Waals surface area contributed by atoms with Crippen molar-refractivity contribution >= 4 is 85.1 Å². The largest absolute Gasteiger partial charge is 0.495 e. The standard InChI is InChI=1S/C24H16BrCl2NO3S2/c1-30-21-9-7-17(12-19(21)27)28-23(29)22(33-24(28)32)11-15-10-16(25)6-8-20(15)31-13-14-4-2-3-5-18(14)26/h2-12H,13H2,1H3/b22-11+. The van der Waals surface area contributed by atoms with E-state index in [0.717, 1.165) is 15.6 Å². The first-order chi connectivity index (χ1) is 15.9. The minimum atomic E-state index is -0.233. The number of benzene rings is 3. The zero-order valence-electron chi connectivity index (χ0n) is 17.2. The third-order valence-corrected chi connectivity index (χ3v) is 7.25. The van der Waals surface area contributed by atoms with Gasteiger partial charge in [-0.15, -0.1) is 0 Å². The maximum absolute atomic E-state index is 13.2. The molecule has 9 heteroatoms. The summed E-state index contributed by atoms with van der Waals surface area (Å²) in [6.07, 6.45) is 1.77. The van der Waals surface area contributed by atoms with E-state index in [0.29, 0.717) is 43.1 Å². The molecule has 1 saturated heterocycles. The lowest BCUT2D eigenvalue weighted by Crippen LogP contribution is -2.27. The summed E-state index contributed by atoms with van der Waals surface area (Å²) in [4.78, 5) is 15.1. The normalized spacial score (nSPS) is 14.8. The number of thiocarbonyl (C=S) groups is 1. The van der Waals surface area contributed by atoms with Gasteiger partial charge < -0.3 is 9.47 Å². The molecule has 1 amide bonds. The van der Waals surface area contributed by atoms with Crippen molar-refractivity contribution in [2.45, 2.75) is 6.61 Å². The summed E-state index contributed by atoms with van der Waals surface area (Å²) in [5, 5.41) is 1.03. The number of amides is 1. The second-order valence-electron chi connectivity index (χ2n) is 6.90. The summed E-state index contributed by atoms with van der Waals surface area (Å²) in [5.74, 6) is 0.912. The van der Waals surface area contributed by atoms with Crippen molar-refractivity contribution in [3.63, 3.8) is 0 Å². The maximum atomic E-state index is 13.2. The number of methoxy groups -OCH3 is 1. The molecule has 33 heavy (non-hydrogen) atoms. The van der Waals surface area contributed by atoms with Crippen LogP contribution in [0.25, 0.3) is 6.08 Å². The molecule has 1 heterocycles. The van der Waals surface area contributed by atoms with Crippen LogP contribution in [0.2, 0.25) is 10.0 Å². The van der Waals surface area contributed by atoms with Crippen LogP contribution in [-0.2, 0) is 11.4 Å². The quantitative estimate of drug-likeness (QED) is 0.220. The zero-order valence-corrected chi connectivity index (χ0v) is 21.9. The van der Waals surface area contributed by atoms with Crippen molar-refractivity contribution < 1.29 is 14.3 Å². The molecule has 4 nitrogen and oxygen atoms in total. The van der Waals surface area contributed by atoms with Gasteiger partial charge in [0.1, 0.15) is 18.1 Å². The van der Waals surface area contributed by atoms with E-state index in [1.807, 2.05) is 42.5 Å². The molecule has 0 N–H and O–H groups in total. The summed E-state index contributed by atoms with van der Waals surface area (Å²) in [7, 11) is 1.53. The molecular formula is C24H16BrCl2NO3S2. The van der Waals surface area contributed by atoms with Gasteiger partial charge in [-0.2, -0.15) is 0 Å². The Kier molecular flexibility index (Phi) is 7.66. The summed E-state index contributed by atoms with van der Waals surface area (Å²) in [6.45, 7) is 0.299. The Morgan fingerprint density at radius 2 is 1.82 bits per heavy atom. The van der Waals surface area contributed by atoms with Crippen LogP contribution >= 0.6 is 63.1 Å². The van der Waals surface area contributed by atoms with Crippen LogP contribution in [-0.4, -0.2) is 17.3 Å². The fourth-order valence-electron chi connectivity index (χ4n) is 3.16. The van der Waals surface area contributed by atoms with Crippen molar-refractivity contribution in [2.75, 3.05) is 12.0 Å².